The lowest BCUT2D eigenvalue weighted by atomic mass is 10.1. The highest BCUT2D eigenvalue weighted by Gasteiger charge is 2.10. The largest absolute Gasteiger partial charge is 0.489 e. The second kappa shape index (κ2) is 12.2. The number of hydrogen-bond donors (Lipinski definition) is 1. The van der Waals surface area contributed by atoms with Crippen LogP contribution in [0.4, 0.5) is 5.69 Å². The van der Waals surface area contributed by atoms with E-state index in [0.29, 0.717) is 30.4 Å². The second-order valence-electron chi connectivity index (χ2n) is 8.78. The summed E-state index contributed by atoms with van der Waals surface area (Å²) >= 11 is 0. The standard InChI is InChI=1S/C32H28N2O3/c1-23-16-24(2)18-27(17-23)22-37-30-12-8-25(9-13-30)19-28(20-33)32(35)34-29-10-14-31(15-11-29)36-21-26-6-4-3-5-7-26/h3-19H,21-22H2,1-2H3,(H,34,35)/b28-19+. The van der Waals surface area contributed by atoms with E-state index >= 15 is 0 Å². The number of hydrogen-bond acceptors (Lipinski definition) is 4. The molecule has 0 saturated heterocycles. The first kappa shape index (κ1) is 25.3. The smallest absolute Gasteiger partial charge is 0.266 e. The van der Waals surface area contributed by atoms with Gasteiger partial charge in [-0.25, -0.2) is 0 Å². The van der Waals surface area contributed by atoms with Crippen molar-refractivity contribution in [3.8, 4) is 17.6 Å². The molecule has 0 aliphatic carbocycles. The van der Waals surface area contributed by atoms with Crippen LogP contribution < -0.4 is 14.8 Å². The zero-order valence-corrected chi connectivity index (χ0v) is 20.9. The van der Waals surface area contributed by atoms with Crippen molar-refractivity contribution in [1.29, 1.82) is 5.26 Å². The van der Waals surface area contributed by atoms with E-state index in [1.165, 1.54) is 11.1 Å². The molecule has 0 spiro atoms. The second-order valence-corrected chi connectivity index (χ2v) is 8.78. The minimum absolute atomic E-state index is 0.00769. The third kappa shape index (κ3) is 7.58. The zero-order chi connectivity index (χ0) is 26.0. The van der Waals surface area contributed by atoms with Crippen LogP contribution in [0.3, 0.4) is 0 Å². The Balaban J connectivity index is 1.32. The maximum Gasteiger partial charge on any atom is 0.266 e. The number of nitrogens with zero attached hydrogens (tertiary/aromatic N) is 1. The summed E-state index contributed by atoms with van der Waals surface area (Å²) in [6.07, 6.45) is 1.56. The third-order valence-corrected chi connectivity index (χ3v) is 5.60. The molecule has 0 aromatic heterocycles. The molecule has 4 aromatic rings. The van der Waals surface area contributed by atoms with Crippen molar-refractivity contribution in [2.45, 2.75) is 27.1 Å². The number of amides is 1. The monoisotopic (exact) mass is 488 g/mol. The number of aryl methyl sites for hydroxylation is 2. The molecule has 0 bridgehead atoms. The van der Waals surface area contributed by atoms with E-state index in [-0.39, 0.29) is 5.57 Å². The number of nitriles is 1. The molecule has 0 radical (unpaired) electrons. The van der Waals surface area contributed by atoms with Crippen molar-refractivity contribution in [2.24, 2.45) is 0 Å². The maximum absolute atomic E-state index is 12.7. The van der Waals surface area contributed by atoms with Crippen LogP contribution in [-0.4, -0.2) is 5.91 Å². The van der Waals surface area contributed by atoms with Crippen LogP contribution >= 0.6 is 0 Å². The van der Waals surface area contributed by atoms with Gasteiger partial charge in [0.05, 0.1) is 0 Å². The first-order valence-electron chi connectivity index (χ1n) is 12.0. The number of anilines is 1. The molecular formula is C32H28N2O3. The Morgan fingerprint density at radius 2 is 1.35 bits per heavy atom. The Bertz CT molecular complexity index is 1400. The lowest BCUT2D eigenvalue weighted by Crippen LogP contribution is -2.13. The van der Waals surface area contributed by atoms with Gasteiger partial charge in [0.15, 0.2) is 0 Å². The van der Waals surface area contributed by atoms with Gasteiger partial charge in [-0.3, -0.25) is 4.79 Å². The fraction of sp³-hybridized carbons (Fsp3) is 0.125. The Morgan fingerprint density at radius 1 is 0.784 bits per heavy atom. The van der Waals surface area contributed by atoms with Crippen LogP contribution in [0.5, 0.6) is 11.5 Å². The summed E-state index contributed by atoms with van der Waals surface area (Å²) in [5.41, 5.74) is 5.91. The fourth-order valence-corrected chi connectivity index (χ4v) is 3.87. The highest BCUT2D eigenvalue weighted by molar-refractivity contribution is 6.09. The molecule has 0 heterocycles. The normalized spacial score (nSPS) is 10.9. The van der Waals surface area contributed by atoms with Gasteiger partial charge < -0.3 is 14.8 Å². The van der Waals surface area contributed by atoms with Crippen LogP contribution in [0.15, 0.2) is 103 Å². The van der Waals surface area contributed by atoms with E-state index in [2.05, 4.69) is 37.4 Å². The van der Waals surface area contributed by atoms with E-state index in [1.54, 1.807) is 30.3 Å². The Morgan fingerprint density at radius 3 is 1.95 bits per heavy atom. The van der Waals surface area contributed by atoms with Gasteiger partial charge in [-0.05, 0) is 73.0 Å². The van der Waals surface area contributed by atoms with Crippen LogP contribution in [0.1, 0.15) is 27.8 Å². The van der Waals surface area contributed by atoms with Crippen molar-refractivity contribution in [3.05, 3.63) is 130 Å². The summed E-state index contributed by atoms with van der Waals surface area (Å²) in [7, 11) is 0. The SMILES string of the molecule is Cc1cc(C)cc(COc2ccc(/C=C(\C#N)C(=O)Nc3ccc(OCc4ccccc4)cc3)cc2)c1. The van der Waals surface area contributed by atoms with Gasteiger partial charge in [0.25, 0.3) is 5.91 Å². The zero-order valence-electron chi connectivity index (χ0n) is 20.9. The molecule has 0 saturated carbocycles. The molecule has 37 heavy (non-hydrogen) atoms. The van der Waals surface area contributed by atoms with Crippen molar-refractivity contribution in [1.82, 2.24) is 0 Å². The van der Waals surface area contributed by atoms with E-state index in [9.17, 15) is 10.1 Å². The van der Waals surface area contributed by atoms with Gasteiger partial charge >= 0.3 is 0 Å². The van der Waals surface area contributed by atoms with E-state index < -0.39 is 5.91 Å². The summed E-state index contributed by atoms with van der Waals surface area (Å²) in [6.45, 7) is 5.07. The number of rotatable bonds is 9. The molecule has 1 amide bonds. The van der Waals surface area contributed by atoms with Crippen LogP contribution in [0, 0.1) is 25.2 Å². The van der Waals surface area contributed by atoms with Gasteiger partial charge in [-0.2, -0.15) is 5.26 Å². The summed E-state index contributed by atoms with van der Waals surface area (Å²) in [4.78, 5) is 12.7. The molecule has 0 atom stereocenters. The van der Waals surface area contributed by atoms with E-state index in [4.69, 9.17) is 9.47 Å². The first-order valence-corrected chi connectivity index (χ1v) is 12.0. The predicted octanol–water partition coefficient (Wildman–Crippen LogP) is 7.01. The quantitative estimate of drug-likeness (QED) is 0.203. The molecule has 0 unspecified atom stereocenters. The summed E-state index contributed by atoms with van der Waals surface area (Å²) in [5, 5.41) is 12.3. The predicted molar refractivity (Wildman–Crippen MR) is 146 cm³/mol. The van der Waals surface area contributed by atoms with Crippen LogP contribution in [0.25, 0.3) is 6.08 Å². The molecule has 4 aromatic carbocycles. The number of ether oxygens (including phenoxy) is 2. The average Bonchev–Trinajstić information content (AvgIpc) is 2.91. The lowest BCUT2D eigenvalue weighted by molar-refractivity contribution is -0.112. The average molecular weight is 489 g/mol. The number of carbonyl (C=O) groups excluding carboxylic acids is 1. The summed E-state index contributed by atoms with van der Waals surface area (Å²) < 4.78 is 11.7. The molecule has 4 rings (SSSR count). The number of nitrogens with one attached hydrogen (secondary N) is 1. The first-order chi connectivity index (χ1) is 18.0. The lowest BCUT2D eigenvalue weighted by Gasteiger charge is -2.09. The summed E-state index contributed by atoms with van der Waals surface area (Å²) in [6, 6.07) is 32.6. The van der Waals surface area contributed by atoms with Gasteiger partial charge in [0.1, 0.15) is 36.4 Å². The molecule has 1 N–H and O–H groups in total. The molecular weight excluding hydrogens is 460 g/mol. The third-order valence-electron chi connectivity index (χ3n) is 5.60. The van der Waals surface area contributed by atoms with Gasteiger partial charge in [-0.15, -0.1) is 0 Å². The Kier molecular flexibility index (Phi) is 8.36. The highest BCUT2D eigenvalue weighted by atomic mass is 16.5. The van der Waals surface area contributed by atoms with Crippen molar-refractivity contribution < 1.29 is 14.3 Å². The Hall–Kier alpha value is -4.82. The van der Waals surface area contributed by atoms with Crippen molar-refractivity contribution in [3.63, 3.8) is 0 Å². The van der Waals surface area contributed by atoms with Crippen molar-refractivity contribution in [2.75, 3.05) is 5.32 Å². The molecule has 184 valence electrons. The number of carbonyl (C=O) groups is 1. The minimum atomic E-state index is -0.476. The van der Waals surface area contributed by atoms with E-state index in [0.717, 1.165) is 16.7 Å². The molecule has 0 fully saturated rings. The van der Waals surface area contributed by atoms with Crippen LogP contribution in [-0.2, 0) is 18.0 Å². The van der Waals surface area contributed by atoms with Crippen molar-refractivity contribution >= 4 is 17.7 Å². The Labute approximate surface area is 217 Å². The molecule has 0 aliphatic heterocycles. The van der Waals surface area contributed by atoms with Gasteiger partial charge in [0.2, 0.25) is 0 Å². The molecule has 5 nitrogen and oxygen atoms in total. The maximum atomic E-state index is 12.7. The van der Waals surface area contributed by atoms with E-state index in [1.807, 2.05) is 60.7 Å². The molecule has 5 heteroatoms. The fourth-order valence-electron chi connectivity index (χ4n) is 3.87. The molecule has 0 aliphatic rings. The topological polar surface area (TPSA) is 71.3 Å². The number of benzene rings is 4. The van der Waals surface area contributed by atoms with Crippen LogP contribution in [0.2, 0.25) is 0 Å². The van der Waals surface area contributed by atoms with Gasteiger partial charge in [-0.1, -0.05) is 71.8 Å². The summed E-state index contributed by atoms with van der Waals surface area (Å²) in [5.74, 6) is 0.933. The minimum Gasteiger partial charge on any atom is -0.489 e. The highest BCUT2D eigenvalue weighted by Crippen LogP contribution is 2.20. The van der Waals surface area contributed by atoms with Gasteiger partial charge in [0, 0.05) is 5.69 Å².